The first-order valence-corrected chi connectivity index (χ1v) is 10.1. The number of anilines is 1. The fourth-order valence-corrected chi connectivity index (χ4v) is 3.60. The third-order valence-corrected chi connectivity index (χ3v) is 5.52. The number of hydrogen-bond acceptors (Lipinski definition) is 3. The van der Waals surface area contributed by atoms with E-state index in [4.69, 9.17) is 34.8 Å². The lowest BCUT2D eigenvalue weighted by atomic mass is 10.1. The van der Waals surface area contributed by atoms with Crippen LogP contribution < -0.4 is 5.32 Å². The van der Waals surface area contributed by atoms with Crippen LogP contribution in [0.15, 0.2) is 42.5 Å². The van der Waals surface area contributed by atoms with Gasteiger partial charge in [0.25, 0.3) is 5.91 Å². The molecule has 3 rings (SSSR count). The number of carbonyl (C=O) groups excluding carboxylic acids is 2. The molecule has 0 bridgehead atoms. The molecule has 0 radical (unpaired) electrons. The smallest absolute Gasteiger partial charge is 0.255 e. The van der Waals surface area contributed by atoms with Gasteiger partial charge in [-0.2, -0.15) is 0 Å². The molecule has 0 unspecified atom stereocenters. The van der Waals surface area contributed by atoms with Crippen molar-refractivity contribution in [3.8, 4) is 0 Å². The Bertz CT molecular complexity index is 868. The van der Waals surface area contributed by atoms with Crippen molar-refractivity contribution in [3.05, 3.63) is 63.1 Å². The summed E-state index contributed by atoms with van der Waals surface area (Å²) in [6.45, 7) is 3.23. The number of nitrogens with one attached hydrogen (secondary N) is 1. The second-order valence-corrected chi connectivity index (χ2v) is 7.79. The van der Waals surface area contributed by atoms with Gasteiger partial charge in [-0.25, -0.2) is 0 Å². The first-order chi connectivity index (χ1) is 13.4. The topological polar surface area (TPSA) is 52.7 Å². The Morgan fingerprint density at radius 2 is 1.64 bits per heavy atom. The van der Waals surface area contributed by atoms with Crippen LogP contribution in [0.25, 0.3) is 0 Å². The van der Waals surface area contributed by atoms with Crippen LogP contribution in [-0.2, 0) is 4.79 Å². The minimum absolute atomic E-state index is 0.0569. The summed E-state index contributed by atoms with van der Waals surface area (Å²) in [4.78, 5) is 28.7. The van der Waals surface area contributed by atoms with Gasteiger partial charge in [0.05, 0.1) is 21.3 Å². The standard InChI is InChI=1S/C20H20Cl3N3O2/c21-14-5-6-17(23)18(13-14)24-19(27)7-8-25-9-11-26(12-10-25)20(28)15-3-1-2-4-16(15)22/h1-6,13H,7-12H2,(H,24,27). The Hall–Kier alpha value is -1.79. The van der Waals surface area contributed by atoms with Crippen molar-refractivity contribution in [3.63, 3.8) is 0 Å². The SMILES string of the molecule is O=C(CCN1CCN(C(=O)c2ccccc2Cl)CC1)Nc1cc(Cl)ccc1Cl. The predicted octanol–water partition coefficient (Wildman–Crippen LogP) is 4.43. The summed E-state index contributed by atoms with van der Waals surface area (Å²) in [6.07, 6.45) is 0.335. The zero-order chi connectivity index (χ0) is 20.1. The zero-order valence-electron chi connectivity index (χ0n) is 15.1. The number of piperazine rings is 1. The van der Waals surface area contributed by atoms with Crippen molar-refractivity contribution in [2.45, 2.75) is 6.42 Å². The summed E-state index contributed by atoms with van der Waals surface area (Å²) in [5.41, 5.74) is 1.03. The molecular formula is C20H20Cl3N3O2. The number of halogens is 3. The second-order valence-electron chi connectivity index (χ2n) is 6.54. The van der Waals surface area contributed by atoms with Crippen molar-refractivity contribution in [1.29, 1.82) is 0 Å². The van der Waals surface area contributed by atoms with Gasteiger partial charge >= 0.3 is 0 Å². The van der Waals surface area contributed by atoms with E-state index in [0.29, 0.717) is 65.5 Å². The molecule has 5 nitrogen and oxygen atoms in total. The molecule has 28 heavy (non-hydrogen) atoms. The van der Waals surface area contributed by atoms with E-state index in [1.165, 1.54) is 0 Å². The van der Waals surface area contributed by atoms with E-state index in [1.807, 2.05) is 0 Å². The fourth-order valence-electron chi connectivity index (χ4n) is 3.05. The third-order valence-electron chi connectivity index (χ3n) is 4.62. The molecule has 0 saturated carbocycles. The van der Waals surface area contributed by atoms with Crippen LogP contribution in [0.2, 0.25) is 15.1 Å². The Kier molecular flexibility index (Phi) is 7.18. The summed E-state index contributed by atoms with van der Waals surface area (Å²) in [6, 6.07) is 12.0. The lowest BCUT2D eigenvalue weighted by molar-refractivity contribution is -0.116. The van der Waals surface area contributed by atoms with Gasteiger partial charge in [-0.05, 0) is 30.3 Å². The number of benzene rings is 2. The lowest BCUT2D eigenvalue weighted by Gasteiger charge is -2.34. The normalized spacial score (nSPS) is 14.8. The van der Waals surface area contributed by atoms with Gasteiger partial charge in [0.2, 0.25) is 5.91 Å². The minimum Gasteiger partial charge on any atom is -0.336 e. The monoisotopic (exact) mass is 439 g/mol. The van der Waals surface area contributed by atoms with Crippen LogP contribution in [-0.4, -0.2) is 54.3 Å². The van der Waals surface area contributed by atoms with Crippen molar-refractivity contribution < 1.29 is 9.59 Å². The van der Waals surface area contributed by atoms with Crippen molar-refractivity contribution >= 4 is 52.3 Å². The highest BCUT2D eigenvalue weighted by molar-refractivity contribution is 6.35. The predicted molar refractivity (Wildman–Crippen MR) is 114 cm³/mol. The minimum atomic E-state index is -0.126. The summed E-state index contributed by atoms with van der Waals surface area (Å²) >= 11 is 18.1. The molecule has 2 aromatic carbocycles. The molecule has 1 fully saturated rings. The maximum atomic E-state index is 12.6. The van der Waals surface area contributed by atoms with Gasteiger partial charge < -0.3 is 10.2 Å². The molecule has 148 valence electrons. The van der Waals surface area contributed by atoms with Crippen molar-refractivity contribution in [2.24, 2.45) is 0 Å². The van der Waals surface area contributed by atoms with E-state index in [2.05, 4.69) is 10.2 Å². The zero-order valence-corrected chi connectivity index (χ0v) is 17.4. The molecule has 0 atom stereocenters. The molecule has 1 saturated heterocycles. The highest BCUT2D eigenvalue weighted by Crippen LogP contribution is 2.25. The first kappa shape index (κ1) is 20.9. The number of nitrogens with zero attached hydrogens (tertiary/aromatic N) is 2. The van der Waals surface area contributed by atoms with Gasteiger partial charge in [0.15, 0.2) is 0 Å². The summed E-state index contributed by atoms with van der Waals surface area (Å²) in [7, 11) is 0. The third kappa shape index (κ3) is 5.39. The van der Waals surface area contributed by atoms with Crippen LogP contribution in [0.5, 0.6) is 0 Å². The van der Waals surface area contributed by atoms with Crippen LogP contribution in [0, 0.1) is 0 Å². The second kappa shape index (κ2) is 9.61. The molecule has 2 aromatic rings. The highest BCUT2D eigenvalue weighted by atomic mass is 35.5. The molecule has 1 aliphatic rings. The average Bonchev–Trinajstić information content (AvgIpc) is 2.69. The van der Waals surface area contributed by atoms with E-state index in [0.717, 1.165) is 0 Å². The summed E-state index contributed by atoms with van der Waals surface area (Å²) in [5.74, 6) is -0.183. The molecule has 8 heteroatoms. The van der Waals surface area contributed by atoms with E-state index in [-0.39, 0.29) is 11.8 Å². The number of amides is 2. The number of carbonyl (C=O) groups is 2. The Balaban J connectivity index is 1.45. The van der Waals surface area contributed by atoms with Crippen LogP contribution in [0.3, 0.4) is 0 Å². The van der Waals surface area contributed by atoms with Crippen LogP contribution in [0.1, 0.15) is 16.8 Å². The molecule has 2 amide bonds. The summed E-state index contributed by atoms with van der Waals surface area (Å²) in [5, 5.41) is 4.21. The molecular weight excluding hydrogens is 421 g/mol. The molecule has 1 aliphatic heterocycles. The quantitative estimate of drug-likeness (QED) is 0.748. The molecule has 0 aliphatic carbocycles. The lowest BCUT2D eigenvalue weighted by Crippen LogP contribution is -2.49. The molecule has 1 N–H and O–H groups in total. The average molecular weight is 441 g/mol. The fraction of sp³-hybridized carbons (Fsp3) is 0.300. The van der Waals surface area contributed by atoms with Crippen LogP contribution in [0.4, 0.5) is 5.69 Å². The number of rotatable bonds is 5. The van der Waals surface area contributed by atoms with Crippen molar-refractivity contribution in [2.75, 3.05) is 38.0 Å². The van der Waals surface area contributed by atoms with Gasteiger partial charge in [0.1, 0.15) is 0 Å². The van der Waals surface area contributed by atoms with Crippen LogP contribution >= 0.6 is 34.8 Å². The first-order valence-electron chi connectivity index (χ1n) is 8.95. The molecule has 1 heterocycles. The van der Waals surface area contributed by atoms with E-state index in [1.54, 1.807) is 47.4 Å². The molecule has 0 spiro atoms. The molecule has 0 aromatic heterocycles. The van der Waals surface area contributed by atoms with E-state index in [9.17, 15) is 9.59 Å². The highest BCUT2D eigenvalue weighted by Gasteiger charge is 2.23. The largest absolute Gasteiger partial charge is 0.336 e. The van der Waals surface area contributed by atoms with Crippen molar-refractivity contribution in [1.82, 2.24) is 9.80 Å². The Morgan fingerprint density at radius 3 is 2.36 bits per heavy atom. The van der Waals surface area contributed by atoms with E-state index < -0.39 is 0 Å². The maximum absolute atomic E-state index is 12.6. The number of hydrogen-bond donors (Lipinski definition) is 1. The van der Waals surface area contributed by atoms with Gasteiger partial charge in [-0.3, -0.25) is 14.5 Å². The van der Waals surface area contributed by atoms with Gasteiger partial charge in [-0.1, -0.05) is 46.9 Å². The maximum Gasteiger partial charge on any atom is 0.255 e. The van der Waals surface area contributed by atoms with Gasteiger partial charge in [0, 0.05) is 44.2 Å². The summed E-state index contributed by atoms with van der Waals surface area (Å²) < 4.78 is 0. The Labute approximate surface area is 179 Å². The van der Waals surface area contributed by atoms with E-state index >= 15 is 0 Å². The van der Waals surface area contributed by atoms with Gasteiger partial charge in [-0.15, -0.1) is 0 Å². The Morgan fingerprint density at radius 1 is 0.929 bits per heavy atom.